The Hall–Kier alpha value is -1.22. The van der Waals surface area contributed by atoms with Gasteiger partial charge in [0.15, 0.2) is 0 Å². The van der Waals surface area contributed by atoms with Gasteiger partial charge in [0.1, 0.15) is 0 Å². The highest BCUT2D eigenvalue weighted by molar-refractivity contribution is 5.58. The summed E-state index contributed by atoms with van der Waals surface area (Å²) in [7, 11) is 0. The maximum atomic E-state index is 8.88. The molecular weight excluding hydrogens is 200 g/mol. The van der Waals surface area contributed by atoms with Gasteiger partial charge in [-0.3, -0.25) is 0 Å². The molecule has 1 rings (SSSR count). The van der Waals surface area contributed by atoms with Crippen LogP contribution in [-0.2, 0) is 0 Å². The Morgan fingerprint density at radius 2 is 2.06 bits per heavy atom. The third-order valence-corrected chi connectivity index (χ3v) is 2.70. The maximum absolute atomic E-state index is 8.88. The van der Waals surface area contributed by atoms with Crippen LogP contribution in [0.2, 0.25) is 0 Å². The number of benzene rings is 1. The zero-order valence-electron chi connectivity index (χ0n) is 10.2. The molecule has 0 spiro atoms. The van der Waals surface area contributed by atoms with Crippen LogP contribution in [0.5, 0.6) is 0 Å². The lowest BCUT2D eigenvalue weighted by Gasteiger charge is -2.24. The van der Waals surface area contributed by atoms with E-state index in [9.17, 15) is 0 Å². The van der Waals surface area contributed by atoms with E-state index in [2.05, 4.69) is 24.0 Å². The van der Waals surface area contributed by atoms with Crippen molar-refractivity contribution < 1.29 is 5.11 Å². The van der Waals surface area contributed by atoms with Crippen molar-refractivity contribution >= 4 is 11.4 Å². The average Bonchev–Trinajstić information content (AvgIpc) is 2.28. The Balaban J connectivity index is 2.78. The van der Waals surface area contributed by atoms with Crippen LogP contribution in [0, 0.1) is 6.92 Å². The summed E-state index contributed by atoms with van der Waals surface area (Å²) in [5, 5.41) is 8.88. The van der Waals surface area contributed by atoms with Crippen molar-refractivity contribution in [2.75, 3.05) is 30.3 Å². The van der Waals surface area contributed by atoms with E-state index in [1.54, 1.807) is 0 Å². The second-order valence-corrected chi connectivity index (χ2v) is 4.11. The fraction of sp³-hybridized carbons (Fsp3) is 0.538. The van der Waals surface area contributed by atoms with Crippen molar-refractivity contribution in [3.05, 3.63) is 23.8 Å². The predicted octanol–water partition coefficient (Wildman–Crippen LogP) is 2.18. The molecule has 3 heteroatoms. The van der Waals surface area contributed by atoms with Crippen LogP contribution in [0.1, 0.15) is 25.3 Å². The smallest absolute Gasteiger partial charge is 0.0447 e. The Labute approximate surface area is 97.9 Å². The van der Waals surface area contributed by atoms with Gasteiger partial charge in [0.25, 0.3) is 0 Å². The topological polar surface area (TPSA) is 49.5 Å². The molecule has 3 N–H and O–H groups in total. The summed E-state index contributed by atoms with van der Waals surface area (Å²) in [6, 6.07) is 6.12. The number of aliphatic hydroxyl groups is 1. The Morgan fingerprint density at radius 1 is 1.31 bits per heavy atom. The van der Waals surface area contributed by atoms with Gasteiger partial charge >= 0.3 is 0 Å². The van der Waals surface area contributed by atoms with Crippen molar-refractivity contribution in [3.63, 3.8) is 0 Å². The van der Waals surface area contributed by atoms with Gasteiger partial charge < -0.3 is 15.7 Å². The van der Waals surface area contributed by atoms with Crippen LogP contribution in [-0.4, -0.2) is 24.8 Å². The molecule has 0 bridgehead atoms. The molecule has 0 aliphatic carbocycles. The summed E-state index contributed by atoms with van der Waals surface area (Å²) in [6.07, 6.45) is 1.91. The summed E-state index contributed by atoms with van der Waals surface area (Å²) in [4.78, 5) is 2.29. The molecule has 0 aliphatic heterocycles. The summed E-state index contributed by atoms with van der Waals surface area (Å²) in [6.45, 7) is 6.34. The monoisotopic (exact) mass is 222 g/mol. The van der Waals surface area contributed by atoms with Gasteiger partial charge in [-0.25, -0.2) is 0 Å². The maximum Gasteiger partial charge on any atom is 0.0447 e. The molecule has 0 saturated heterocycles. The minimum Gasteiger partial charge on any atom is -0.399 e. The van der Waals surface area contributed by atoms with Gasteiger partial charge in [-0.2, -0.15) is 0 Å². The lowest BCUT2D eigenvalue weighted by atomic mass is 10.1. The molecule has 0 heterocycles. The summed E-state index contributed by atoms with van der Waals surface area (Å²) in [5.74, 6) is 0. The molecule has 16 heavy (non-hydrogen) atoms. The second-order valence-electron chi connectivity index (χ2n) is 4.11. The first-order chi connectivity index (χ1) is 7.69. The van der Waals surface area contributed by atoms with E-state index in [1.807, 2.05) is 13.0 Å². The lowest BCUT2D eigenvalue weighted by Crippen LogP contribution is -2.26. The quantitative estimate of drug-likeness (QED) is 0.725. The highest BCUT2D eigenvalue weighted by Gasteiger charge is 2.06. The van der Waals surface area contributed by atoms with Crippen LogP contribution in [0.25, 0.3) is 0 Å². The number of aliphatic hydroxyl groups excluding tert-OH is 1. The molecule has 0 aromatic heterocycles. The average molecular weight is 222 g/mol. The molecule has 0 unspecified atom stereocenters. The van der Waals surface area contributed by atoms with Crippen LogP contribution >= 0.6 is 0 Å². The van der Waals surface area contributed by atoms with Crippen LogP contribution in [0.15, 0.2) is 18.2 Å². The number of nitrogens with two attached hydrogens (primary N) is 1. The van der Waals surface area contributed by atoms with E-state index in [1.165, 1.54) is 5.69 Å². The molecule has 0 fully saturated rings. The molecule has 90 valence electrons. The Morgan fingerprint density at radius 3 is 2.62 bits per heavy atom. The standard InChI is InChI=1S/C13H22N2O/c1-3-7-15(8-4-9-16)12-5-6-13(14)11(2)10-12/h5-6,10,16H,3-4,7-9,14H2,1-2H3. The minimum atomic E-state index is 0.244. The van der Waals surface area contributed by atoms with E-state index in [0.717, 1.165) is 37.2 Å². The summed E-state index contributed by atoms with van der Waals surface area (Å²) in [5.41, 5.74) is 8.95. The molecule has 3 nitrogen and oxygen atoms in total. The van der Waals surface area contributed by atoms with Gasteiger partial charge in [-0.05, 0) is 43.5 Å². The van der Waals surface area contributed by atoms with Crippen molar-refractivity contribution in [2.45, 2.75) is 26.7 Å². The highest BCUT2D eigenvalue weighted by Crippen LogP contribution is 2.20. The summed E-state index contributed by atoms with van der Waals surface area (Å²) < 4.78 is 0. The normalized spacial score (nSPS) is 10.4. The number of nitrogen functional groups attached to an aromatic ring is 1. The van der Waals surface area contributed by atoms with Gasteiger partial charge in [0.05, 0.1) is 0 Å². The van der Waals surface area contributed by atoms with E-state index < -0.39 is 0 Å². The van der Waals surface area contributed by atoms with E-state index >= 15 is 0 Å². The SMILES string of the molecule is CCCN(CCCO)c1ccc(N)c(C)c1. The first-order valence-corrected chi connectivity index (χ1v) is 5.91. The van der Waals surface area contributed by atoms with Crippen molar-refractivity contribution in [1.29, 1.82) is 0 Å². The van der Waals surface area contributed by atoms with Gasteiger partial charge in [0, 0.05) is 31.1 Å². The first-order valence-electron chi connectivity index (χ1n) is 5.91. The predicted molar refractivity (Wildman–Crippen MR) is 69.8 cm³/mol. The third-order valence-electron chi connectivity index (χ3n) is 2.70. The van der Waals surface area contributed by atoms with Crippen molar-refractivity contribution in [2.24, 2.45) is 0 Å². The van der Waals surface area contributed by atoms with Crippen molar-refractivity contribution in [3.8, 4) is 0 Å². The zero-order chi connectivity index (χ0) is 12.0. The highest BCUT2D eigenvalue weighted by atomic mass is 16.3. The number of anilines is 2. The second kappa shape index (κ2) is 6.38. The van der Waals surface area contributed by atoms with Gasteiger partial charge in [-0.15, -0.1) is 0 Å². The van der Waals surface area contributed by atoms with Crippen LogP contribution in [0.4, 0.5) is 11.4 Å². The molecule has 0 amide bonds. The number of nitrogens with zero attached hydrogens (tertiary/aromatic N) is 1. The Kier molecular flexibility index (Phi) is 5.12. The van der Waals surface area contributed by atoms with Crippen LogP contribution < -0.4 is 10.6 Å². The molecule has 1 aromatic carbocycles. The van der Waals surface area contributed by atoms with Gasteiger partial charge in [-0.1, -0.05) is 6.92 Å². The van der Waals surface area contributed by atoms with Crippen LogP contribution in [0.3, 0.4) is 0 Å². The number of hydrogen-bond donors (Lipinski definition) is 2. The zero-order valence-corrected chi connectivity index (χ0v) is 10.2. The third kappa shape index (κ3) is 3.42. The van der Waals surface area contributed by atoms with E-state index in [4.69, 9.17) is 10.8 Å². The molecule has 0 atom stereocenters. The van der Waals surface area contributed by atoms with E-state index in [-0.39, 0.29) is 6.61 Å². The number of hydrogen-bond acceptors (Lipinski definition) is 3. The lowest BCUT2D eigenvalue weighted by molar-refractivity contribution is 0.289. The van der Waals surface area contributed by atoms with Gasteiger partial charge in [0.2, 0.25) is 0 Å². The van der Waals surface area contributed by atoms with E-state index in [0.29, 0.717) is 0 Å². The minimum absolute atomic E-state index is 0.244. The fourth-order valence-electron chi connectivity index (χ4n) is 1.76. The molecule has 1 aromatic rings. The molecular formula is C13H22N2O. The largest absolute Gasteiger partial charge is 0.399 e. The fourth-order valence-corrected chi connectivity index (χ4v) is 1.76. The first kappa shape index (κ1) is 12.8. The molecule has 0 saturated carbocycles. The number of aryl methyl sites for hydroxylation is 1. The molecule has 0 aliphatic rings. The van der Waals surface area contributed by atoms with Crippen molar-refractivity contribution in [1.82, 2.24) is 0 Å². The number of rotatable bonds is 6. The Bertz CT molecular complexity index is 326. The summed E-state index contributed by atoms with van der Waals surface area (Å²) >= 11 is 0. The molecule has 0 radical (unpaired) electrons.